The number of carbonyl (C=O) groups excluding carboxylic acids is 1. The number of fused-ring (bicyclic) bond motifs is 1. The van der Waals surface area contributed by atoms with E-state index in [1.165, 1.54) is 38.1 Å². The number of carbonyl (C=O) groups is 1. The minimum atomic E-state index is -4.53. The third-order valence-electron chi connectivity index (χ3n) is 6.04. The van der Waals surface area contributed by atoms with Crippen LogP contribution in [0, 0.1) is 5.92 Å². The molecule has 8 nitrogen and oxygen atoms in total. The lowest BCUT2D eigenvalue weighted by atomic mass is 10.0. The summed E-state index contributed by atoms with van der Waals surface area (Å²) in [6.07, 6.45) is 1.52. The van der Waals surface area contributed by atoms with Gasteiger partial charge in [-0.3, -0.25) is 9.89 Å². The zero-order valence-electron chi connectivity index (χ0n) is 27.1. The monoisotopic (exact) mass is 616 g/mol. The molecule has 0 bridgehead atoms. The van der Waals surface area contributed by atoms with Crippen LogP contribution in [0.15, 0.2) is 54.9 Å². The van der Waals surface area contributed by atoms with Gasteiger partial charge in [0.25, 0.3) is 5.91 Å². The topological polar surface area (TPSA) is 105 Å². The van der Waals surface area contributed by atoms with Crippen molar-refractivity contribution in [1.29, 1.82) is 0 Å². The normalized spacial score (nSPS) is 13.8. The molecule has 3 aromatic heterocycles. The molecule has 0 aliphatic carbocycles. The first-order valence-electron chi connectivity index (χ1n) is 15.4. The molecular formula is C33H47F3N6O2. The summed E-state index contributed by atoms with van der Waals surface area (Å²) in [6.45, 7) is 18.7. The van der Waals surface area contributed by atoms with E-state index in [0.717, 1.165) is 35.3 Å². The molecule has 3 N–H and O–H groups in total. The number of pyridine rings is 2. The van der Waals surface area contributed by atoms with E-state index >= 15 is 0 Å². The van der Waals surface area contributed by atoms with E-state index in [1.54, 1.807) is 24.4 Å². The Kier molecular flexibility index (Phi) is 17.3. The zero-order chi connectivity index (χ0) is 33.1. The molecular weight excluding hydrogens is 569 g/mol. The van der Waals surface area contributed by atoms with Crippen LogP contribution in [0.2, 0.25) is 0 Å². The number of hydrogen-bond donors (Lipinski definition) is 3. The summed E-state index contributed by atoms with van der Waals surface area (Å²) in [5.41, 5.74) is 0.676. The quantitative estimate of drug-likeness (QED) is 0.207. The Labute approximate surface area is 259 Å². The molecule has 1 aliphatic rings. The molecule has 5 rings (SSSR count). The van der Waals surface area contributed by atoms with Gasteiger partial charge in [0.15, 0.2) is 5.65 Å². The van der Waals surface area contributed by atoms with Crippen molar-refractivity contribution in [3.05, 3.63) is 71.7 Å². The molecule has 1 amide bonds. The van der Waals surface area contributed by atoms with Gasteiger partial charge in [0.05, 0.1) is 10.9 Å². The van der Waals surface area contributed by atoms with Gasteiger partial charge in [0.1, 0.15) is 17.3 Å². The Morgan fingerprint density at radius 1 is 1.02 bits per heavy atom. The number of halogens is 3. The molecule has 1 atom stereocenters. The van der Waals surface area contributed by atoms with Crippen LogP contribution >= 0.6 is 0 Å². The molecule has 1 saturated heterocycles. The van der Waals surface area contributed by atoms with Gasteiger partial charge >= 0.3 is 6.18 Å². The molecule has 11 heteroatoms. The number of nitrogens with one attached hydrogen (secondary N) is 3. The van der Waals surface area contributed by atoms with E-state index in [-0.39, 0.29) is 11.4 Å². The molecule has 4 aromatic rings. The van der Waals surface area contributed by atoms with Crippen LogP contribution in [0.3, 0.4) is 0 Å². The lowest BCUT2D eigenvalue weighted by Crippen LogP contribution is -2.27. The molecule has 1 aliphatic heterocycles. The summed E-state index contributed by atoms with van der Waals surface area (Å²) in [7, 11) is 0. The van der Waals surface area contributed by atoms with Crippen molar-refractivity contribution in [2.45, 2.75) is 80.8 Å². The molecule has 1 fully saturated rings. The number of aryl methyl sites for hydroxylation is 1. The highest BCUT2D eigenvalue weighted by molar-refractivity contribution is 6.04. The molecule has 4 heterocycles. The summed E-state index contributed by atoms with van der Waals surface area (Å²) in [5.74, 6) is 1.00. The first-order chi connectivity index (χ1) is 21.2. The Hall–Kier alpha value is -3.99. The summed E-state index contributed by atoms with van der Waals surface area (Å²) in [4.78, 5) is 20.5. The SMILES string of the molecule is CC.CC.CC.CC1CCCNC1.CCc1[nH]nc2nccc(Oc3cccc(C(=O)Nc4cc(C(F)(F)F)ccn4)c3)c12. The van der Waals surface area contributed by atoms with Gasteiger partial charge in [0.2, 0.25) is 0 Å². The number of piperidine rings is 1. The average molecular weight is 617 g/mol. The molecule has 0 saturated carbocycles. The van der Waals surface area contributed by atoms with Gasteiger partial charge in [0, 0.05) is 23.7 Å². The van der Waals surface area contributed by atoms with Crippen molar-refractivity contribution < 1.29 is 22.7 Å². The van der Waals surface area contributed by atoms with Crippen LogP contribution in [0.4, 0.5) is 19.0 Å². The van der Waals surface area contributed by atoms with Crippen molar-refractivity contribution in [2.75, 3.05) is 18.4 Å². The van der Waals surface area contributed by atoms with Crippen LogP contribution in [0.25, 0.3) is 11.0 Å². The van der Waals surface area contributed by atoms with Crippen molar-refractivity contribution in [3.8, 4) is 11.5 Å². The number of nitrogens with zero attached hydrogens (tertiary/aromatic N) is 3. The maximum atomic E-state index is 12.9. The minimum Gasteiger partial charge on any atom is -0.456 e. The van der Waals surface area contributed by atoms with Gasteiger partial charge in [-0.15, -0.1) is 0 Å². The van der Waals surface area contributed by atoms with E-state index in [2.05, 4.69) is 37.7 Å². The highest BCUT2D eigenvalue weighted by atomic mass is 19.4. The van der Waals surface area contributed by atoms with Gasteiger partial charge in [-0.25, -0.2) is 9.97 Å². The Morgan fingerprint density at radius 3 is 2.32 bits per heavy atom. The zero-order valence-corrected chi connectivity index (χ0v) is 27.1. The minimum absolute atomic E-state index is 0.199. The third kappa shape index (κ3) is 11.6. The van der Waals surface area contributed by atoms with E-state index in [1.807, 2.05) is 48.5 Å². The highest BCUT2D eigenvalue weighted by Crippen LogP contribution is 2.32. The maximum Gasteiger partial charge on any atom is 0.416 e. The van der Waals surface area contributed by atoms with Crippen molar-refractivity contribution >= 4 is 22.8 Å². The molecule has 0 spiro atoms. The summed E-state index contributed by atoms with van der Waals surface area (Å²) < 4.78 is 44.5. The number of amides is 1. The van der Waals surface area contributed by atoms with Crippen molar-refractivity contribution in [1.82, 2.24) is 25.5 Å². The average Bonchev–Trinajstić information content (AvgIpc) is 3.49. The second-order valence-electron chi connectivity index (χ2n) is 9.03. The number of alkyl halides is 3. The smallest absolute Gasteiger partial charge is 0.416 e. The number of H-pyrrole nitrogens is 1. The summed E-state index contributed by atoms with van der Waals surface area (Å²) >= 11 is 0. The first kappa shape index (κ1) is 38.0. The van der Waals surface area contributed by atoms with Crippen LogP contribution < -0.4 is 15.4 Å². The number of rotatable bonds is 5. The standard InChI is InChI=1S/C21H16F3N5O2.C6H13N.3C2H6/c1-2-15-18-16(7-9-26-19(18)29-28-15)31-14-5-3-4-12(10-14)20(30)27-17-11-13(6-8-25-17)21(22,23)24;1-6-3-2-4-7-5-6;3*1-2/h3-11H,2H2,1H3,(H,25,27,30)(H,26,28,29);6-7H,2-5H2,1H3;3*1-2H3. The Bertz CT molecular complexity index is 1390. The second-order valence-corrected chi connectivity index (χ2v) is 9.03. The van der Waals surface area contributed by atoms with Crippen LogP contribution in [-0.2, 0) is 12.6 Å². The largest absolute Gasteiger partial charge is 0.456 e. The van der Waals surface area contributed by atoms with Crippen LogP contribution in [0.5, 0.6) is 11.5 Å². The van der Waals surface area contributed by atoms with Crippen LogP contribution in [-0.4, -0.2) is 39.2 Å². The van der Waals surface area contributed by atoms with E-state index in [0.29, 0.717) is 23.6 Å². The number of hydrogen-bond acceptors (Lipinski definition) is 6. The molecule has 1 aromatic carbocycles. The maximum absolute atomic E-state index is 12.9. The molecule has 1 unspecified atom stereocenters. The predicted octanol–water partition coefficient (Wildman–Crippen LogP) is 9.06. The molecule has 44 heavy (non-hydrogen) atoms. The van der Waals surface area contributed by atoms with Gasteiger partial charge < -0.3 is 15.4 Å². The van der Waals surface area contributed by atoms with Gasteiger partial charge in [-0.2, -0.15) is 18.3 Å². The van der Waals surface area contributed by atoms with Gasteiger partial charge in [-0.05, 0) is 74.7 Å². The highest BCUT2D eigenvalue weighted by Gasteiger charge is 2.31. The number of aromatic amines is 1. The number of benzene rings is 1. The fraction of sp³-hybridized carbons (Fsp3) is 0.455. The summed E-state index contributed by atoms with van der Waals surface area (Å²) in [5, 5.41) is 13.5. The fourth-order valence-electron chi connectivity index (χ4n) is 4.04. The van der Waals surface area contributed by atoms with Gasteiger partial charge in [-0.1, -0.05) is 61.5 Å². The molecule has 242 valence electrons. The second kappa shape index (κ2) is 20.1. The lowest BCUT2D eigenvalue weighted by Gasteiger charge is -2.17. The number of anilines is 1. The third-order valence-corrected chi connectivity index (χ3v) is 6.04. The van der Waals surface area contributed by atoms with E-state index in [9.17, 15) is 18.0 Å². The fourth-order valence-corrected chi connectivity index (χ4v) is 4.04. The Morgan fingerprint density at radius 2 is 1.73 bits per heavy atom. The van der Waals surface area contributed by atoms with E-state index in [4.69, 9.17) is 4.74 Å². The molecule has 0 radical (unpaired) electrons. The van der Waals surface area contributed by atoms with Crippen LogP contribution in [0.1, 0.15) is 89.8 Å². The Balaban J connectivity index is 0.000000633. The summed E-state index contributed by atoms with van der Waals surface area (Å²) in [6, 6.07) is 9.58. The number of ether oxygens (including phenoxy) is 1. The predicted molar refractivity (Wildman–Crippen MR) is 172 cm³/mol. The lowest BCUT2D eigenvalue weighted by molar-refractivity contribution is -0.137. The van der Waals surface area contributed by atoms with Crippen molar-refractivity contribution in [2.24, 2.45) is 5.92 Å². The first-order valence-corrected chi connectivity index (χ1v) is 15.4. The van der Waals surface area contributed by atoms with Crippen molar-refractivity contribution in [3.63, 3.8) is 0 Å². The number of aromatic nitrogens is 4. The van der Waals surface area contributed by atoms with E-state index < -0.39 is 17.6 Å².